The molecular weight excluding hydrogens is 314 g/mol. The van der Waals surface area contributed by atoms with Crippen LogP contribution in [0.2, 0.25) is 0 Å². The Bertz CT molecular complexity index is 692. The molecule has 1 atom stereocenters. The fourth-order valence-electron chi connectivity index (χ4n) is 2.80. The lowest BCUT2D eigenvalue weighted by Crippen LogP contribution is -2.46. The lowest BCUT2D eigenvalue weighted by molar-refractivity contribution is 0.0265. The highest BCUT2D eigenvalue weighted by molar-refractivity contribution is 7.11. The molecule has 3 rings (SSSR count). The Balaban J connectivity index is 1.66. The van der Waals surface area contributed by atoms with E-state index in [1.807, 2.05) is 11.8 Å². The normalized spacial score (nSPS) is 20.7. The average molecular weight is 333 g/mol. The largest absolute Gasteiger partial charge is 0.386 e. The van der Waals surface area contributed by atoms with Crippen LogP contribution in [0.1, 0.15) is 21.8 Å². The molecule has 23 heavy (non-hydrogen) atoms. The molecule has 1 fully saturated rings. The number of anilines is 1. The molecule has 7 nitrogen and oxygen atoms in total. The van der Waals surface area contributed by atoms with Gasteiger partial charge in [-0.2, -0.15) is 0 Å². The van der Waals surface area contributed by atoms with E-state index in [1.165, 1.54) is 11.3 Å². The van der Waals surface area contributed by atoms with Gasteiger partial charge < -0.3 is 14.9 Å². The summed E-state index contributed by atoms with van der Waals surface area (Å²) in [5, 5.41) is 10.8. The van der Waals surface area contributed by atoms with Crippen LogP contribution in [0.15, 0.2) is 24.0 Å². The van der Waals surface area contributed by atoms with Crippen molar-refractivity contribution in [3.8, 4) is 0 Å². The average Bonchev–Trinajstić information content (AvgIpc) is 3.13. The molecular formula is C15H19N5O2S. The predicted octanol–water partition coefficient (Wildman–Crippen LogP) is 0.955. The van der Waals surface area contributed by atoms with Gasteiger partial charge in [-0.25, -0.2) is 15.0 Å². The third kappa shape index (κ3) is 3.32. The van der Waals surface area contributed by atoms with E-state index < -0.39 is 5.60 Å². The first kappa shape index (κ1) is 15.8. The van der Waals surface area contributed by atoms with Crippen LogP contribution in [0.4, 0.5) is 5.95 Å². The zero-order valence-corrected chi connectivity index (χ0v) is 14.0. The van der Waals surface area contributed by atoms with Gasteiger partial charge in [-0.05, 0) is 19.4 Å². The van der Waals surface area contributed by atoms with Crippen molar-refractivity contribution < 1.29 is 9.90 Å². The number of nitrogens with zero attached hydrogens (tertiary/aromatic N) is 5. The van der Waals surface area contributed by atoms with E-state index >= 15 is 0 Å². The number of carbonyl (C=O) groups excluding carboxylic acids is 1. The van der Waals surface area contributed by atoms with Crippen LogP contribution < -0.4 is 4.90 Å². The van der Waals surface area contributed by atoms with Crippen molar-refractivity contribution in [1.29, 1.82) is 0 Å². The fraction of sp³-hybridized carbons (Fsp3) is 0.467. The third-order valence-electron chi connectivity index (χ3n) is 3.99. The van der Waals surface area contributed by atoms with Crippen molar-refractivity contribution in [3.05, 3.63) is 34.5 Å². The number of hydrogen-bond acceptors (Lipinski definition) is 7. The van der Waals surface area contributed by atoms with Crippen molar-refractivity contribution in [1.82, 2.24) is 19.9 Å². The summed E-state index contributed by atoms with van der Waals surface area (Å²) in [6.45, 7) is 3.17. The van der Waals surface area contributed by atoms with Crippen molar-refractivity contribution in [3.63, 3.8) is 0 Å². The summed E-state index contributed by atoms with van der Waals surface area (Å²) in [5.41, 5.74) is 1.43. The number of aromatic nitrogens is 3. The van der Waals surface area contributed by atoms with Crippen molar-refractivity contribution in [2.45, 2.75) is 18.9 Å². The van der Waals surface area contributed by atoms with E-state index in [0.29, 0.717) is 30.3 Å². The maximum Gasteiger partial charge on any atom is 0.265 e. The second-order valence-corrected chi connectivity index (χ2v) is 6.73. The van der Waals surface area contributed by atoms with Crippen LogP contribution >= 0.6 is 11.3 Å². The Morgan fingerprint density at radius 2 is 2.17 bits per heavy atom. The standard InChI is InChI=1S/C15H19N5O2S/c1-11-12(23-10-18-11)13(21)19(2)8-15(22)4-7-20(9-15)14-16-5-3-6-17-14/h3,5-6,10,22H,4,7-9H2,1-2H3/t15-/m0/s1. The number of rotatable bonds is 4. The van der Waals surface area contributed by atoms with E-state index in [0.717, 1.165) is 5.69 Å². The van der Waals surface area contributed by atoms with Gasteiger partial charge in [-0.3, -0.25) is 4.79 Å². The zero-order valence-electron chi connectivity index (χ0n) is 13.1. The van der Waals surface area contributed by atoms with E-state index in [-0.39, 0.29) is 12.5 Å². The van der Waals surface area contributed by atoms with E-state index in [9.17, 15) is 9.90 Å². The zero-order chi connectivity index (χ0) is 16.4. The van der Waals surface area contributed by atoms with Gasteiger partial charge in [0.05, 0.1) is 24.3 Å². The summed E-state index contributed by atoms with van der Waals surface area (Å²) in [6.07, 6.45) is 3.94. The predicted molar refractivity (Wildman–Crippen MR) is 87.6 cm³/mol. The number of β-amino-alcohol motifs (C(OH)–C–C–N with tert-alkyl or cyclic N) is 1. The smallest absolute Gasteiger partial charge is 0.265 e. The Morgan fingerprint density at radius 3 is 2.83 bits per heavy atom. The van der Waals surface area contributed by atoms with Gasteiger partial charge in [0.15, 0.2) is 0 Å². The van der Waals surface area contributed by atoms with Gasteiger partial charge in [-0.15, -0.1) is 11.3 Å². The molecule has 0 unspecified atom stereocenters. The SMILES string of the molecule is Cc1ncsc1C(=O)N(C)C[C@@]1(O)CCN(c2ncccn2)C1. The van der Waals surface area contributed by atoms with E-state index in [1.54, 1.807) is 35.9 Å². The maximum absolute atomic E-state index is 12.5. The topological polar surface area (TPSA) is 82.5 Å². The van der Waals surface area contributed by atoms with E-state index in [4.69, 9.17) is 0 Å². The summed E-state index contributed by atoms with van der Waals surface area (Å²) in [5.74, 6) is 0.503. The van der Waals surface area contributed by atoms with Crippen LogP contribution in [-0.4, -0.2) is 63.1 Å². The number of aliphatic hydroxyl groups is 1. The van der Waals surface area contributed by atoms with Crippen LogP contribution in [0.5, 0.6) is 0 Å². The van der Waals surface area contributed by atoms with Crippen molar-refractivity contribution >= 4 is 23.2 Å². The minimum atomic E-state index is -0.956. The summed E-state index contributed by atoms with van der Waals surface area (Å²) >= 11 is 1.33. The van der Waals surface area contributed by atoms with Gasteiger partial charge in [0.1, 0.15) is 10.5 Å². The van der Waals surface area contributed by atoms with Gasteiger partial charge in [0, 0.05) is 26.0 Å². The molecule has 1 amide bonds. The monoisotopic (exact) mass is 333 g/mol. The van der Waals surface area contributed by atoms with Gasteiger partial charge in [-0.1, -0.05) is 0 Å². The van der Waals surface area contributed by atoms with E-state index in [2.05, 4.69) is 15.0 Å². The molecule has 0 aliphatic carbocycles. The molecule has 0 saturated carbocycles. The van der Waals surface area contributed by atoms with Gasteiger partial charge in [0.25, 0.3) is 5.91 Å². The number of aryl methyl sites for hydroxylation is 1. The molecule has 0 spiro atoms. The second kappa shape index (κ2) is 6.21. The van der Waals surface area contributed by atoms with Crippen LogP contribution in [0.25, 0.3) is 0 Å². The molecule has 8 heteroatoms. The minimum absolute atomic E-state index is 0.104. The molecule has 2 aromatic heterocycles. The fourth-order valence-corrected chi connectivity index (χ4v) is 3.60. The maximum atomic E-state index is 12.5. The molecule has 1 N–H and O–H groups in total. The Hall–Kier alpha value is -2.06. The lowest BCUT2D eigenvalue weighted by atomic mass is 10.0. The molecule has 122 valence electrons. The molecule has 3 heterocycles. The molecule has 0 aromatic carbocycles. The number of hydrogen-bond donors (Lipinski definition) is 1. The molecule has 1 saturated heterocycles. The minimum Gasteiger partial charge on any atom is -0.386 e. The Morgan fingerprint density at radius 1 is 1.43 bits per heavy atom. The summed E-state index contributed by atoms with van der Waals surface area (Å²) in [6, 6.07) is 1.76. The lowest BCUT2D eigenvalue weighted by Gasteiger charge is -2.28. The molecule has 1 aliphatic rings. The first-order valence-corrected chi connectivity index (χ1v) is 8.26. The first-order chi connectivity index (χ1) is 11.0. The molecule has 2 aromatic rings. The molecule has 0 radical (unpaired) electrons. The van der Waals surface area contributed by atoms with Crippen molar-refractivity contribution in [2.24, 2.45) is 0 Å². The molecule has 0 bridgehead atoms. The third-order valence-corrected chi connectivity index (χ3v) is 4.90. The molecule has 1 aliphatic heterocycles. The number of likely N-dealkylation sites (N-methyl/N-ethyl adjacent to an activating group) is 1. The summed E-state index contributed by atoms with van der Waals surface area (Å²) in [4.78, 5) is 29.1. The highest BCUT2D eigenvalue weighted by Gasteiger charge is 2.39. The Labute approximate surface area is 138 Å². The highest BCUT2D eigenvalue weighted by Crippen LogP contribution is 2.26. The van der Waals surface area contributed by atoms with Crippen LogP contribution in [-0.2, 0) is 0 Å². The number of amides is 1. The van der Waals surface area contributed by atoms with Crippen LogP contribution in [0, 0.1) is 6.92 Å². The van der Waals surface area contributed by atoms with Gasteiger partial charge >= 0.3 is 0 Å². The van der Waals surface area contributed by atoms with Gasteiger partial charge in [0.2, 0.25) is 5.95 Å². The Kier molecular flexibility index (Phi) is 4.27. The quantitative estimate of drug-likeness (QED) is 0.897. The van der Waals surface area contributed by atoms with Crippen molar-refractivity contribution in [2.75, 3.05) is 31.6 Å². The van der Waals surface area contributed by atoms with Crippen LogP contribution in [0.3, 0.4) is 0 Å². The highest BCUT2D eigenvalue weighted by atomic mass is 32.1. The summed E-state index contributed by atoms with van der Waals surface area (Å²) in [7, 11) is 1.71. The summed E-state index contributed by atoms with van der Waals surface area (Å²) < 4.78 is 0. The first-order valence-electron chi connectivity index (χ1n) is 7.38. The second-order valence-electron chi connectivity index (χ2n) is 5.87. The number of thiazole rings is 1. The number of carbonyl (C=O) groups is 1.